The number of nitrogens with one attached hydrogen (secondary N) is 1. The molecule has 0 radical (unpaired) electrons. The van der Waals surface area contributed by atoms with Crippen molar-refractivity contribution >= 4 is 10.0 Å². The van der Waals surface area contributed by atoms with E-state index in [2.05, 4.69) is 5.32 Å². The number of ether oxygens (including phenoxy) is 1. The summed E-state index contributed by atoms with van der Waals surface area (Å²) < 4.78 is 31.6. The number of nitrogens with zero attached hydrogens (tertiary/aromatic N) is 1. The highest BCUT2D eigenvalue weighted by atomic mass is 32.2. The lowest BCUT2D eigenvalue weighted by molar-refractivity contribution is 0.0495. The van der Waals surface area contributed by atoms with Crippen molar-refractivity contribution in [2.45, 2.75) is 25.7 Å². The second kappa shape index (κ2) is 7.02. The predicted octanol–water partition coefficient (Wildman–Crippen LogP) is 0.674. The predicted molar refractivity (Wildman–Crippen MR) is 75.6 cm³/mol. The molecule has 2 atom stereocenters. The van der Waals surface area contributed by atoms with E-state index in [1.807, 2.05) is 0 Å². The first-order valence-electron chi connectivity index (χ1n) is 7.30. The lowest BCUT2D eigenvalue weighted by atomic mass is 10.0. The van der Waals surface area contributed by atoms with Crippen molar-refractivity contribution in [3.05, 3.63) is 0 Å². The highest BCUT2D eigenvalue weighted by Crippen LogP contribution is 2.18. The van der Waals surface area contributed by atoms with Crippen molar-refractivity contribution in [2.24, 2.45) is 11.8 Å². The van der Waals surface area contributed by atoms with Crippen LogP contribution in [0.25, 0.3) is 0 Å². The van der Waals surface area contributed by atoms with Crippen LogP contribution >= 0.6 is 0 Å². The third kappa shape index (κ3) is 4.70. The Bertz CT molecular complexity index is 360. The maximum Gasteiger partial charge on any atom is 0.214 e. The van der Waals surface area contributed by atoms with Crippen LogP contribution in [-0.4, -0.2) is 58.4 Å². The summed E-state index contributed by atoms with van der Waals surface area (Å²) in [5.41, 5.74) is 0. The van der Waals surface area contributed by atoms with Crippen LogP contribution in [0.5, 0.6) is 0 Å². The van der Waals surface area contributed by atoms with E-state index in [1.165, 1.54) is 0 Å². The van der Waals surface area contributed by atoms with Gasteiger partial charge in [-0.25, -0.2) is 12.7 Å². The first kappa shape index (κ1) is 15.2. The zero-order valence-electron chi connectivity index (χ0n) is 11.8. The van der Waals surface area contributed by atoms with Crippen LogP contribution in [0.3, 0.4) is 0 Å². The molecule has 112 valence electrons. The minimum Gasteiger partial charge on any atom is -0.381 e. The fourth-order valence-corrected chi connectivity index (χ4v) is 4.49. The molecule has 0 aromatic carbocycles. The van der Waals surface area contributed by atoms with Gasteiger partial charge in [-0.3, -0.25) is 0 Å². The van der Waals surface area contributed by atoms with Crippen LogP contribution < -0.4 is 5.32 Å². The van der Waals surface area contributed by atoms with Gasteiger partial charge in [0.2, 0.25) is 10.0 Å². The van der Waals surface area contributed by atoms with E-state index in [4.69, 9.17) is 4.74 Å². The summed E-state index contributed by atoms with van der Waals surface area (Å²) in [5.74, 6) is 0.909. The van der Waals surface area contributed by atoms with Gasteiger partial charge >= 0.3 is 0 Å². The zero-order chi connectivity index (χ0) is 13.7. The molecule has 6 heteroatoms. The molecule has 2 heterocycles. The van der Waals surface area contributed by atoms with Gasteiger partial charge in [0.25, 0.3) is 0 Å². The first-order chi connectivity index (χ1) is 9.08. The van der Waals surface area contributed by atoms with Crippen molar-refractivity contribution in [1.82, 2.24) is 9.62 Å². The number of hydrogen-bond acceptors (Lipinski definition) is 4. The van der Waals surface area contributed by atoms with Crippen LogP contribution in [0, 0.1) is 11.8 Å². The quantitative estimate of drug-likeness (QED) is 0.809. The first-order valence-corrected chi connectivity index (χ1v) is 8.91. The Morgan fingerprint density at radius 2 is 2.05 bits per heavy atom. The topological polar surface area (TPSA) is 58.6 Å². The second-order valence-corrected chi connectivity index (χ2v) is 7.98. The van der Waals surface area contributed by atoms with Gasteiger partial charge in [0.15, 0.2) is 0 Å². The normalized spacial score (nSPS) is 29.6. The number of rotatable bonds is 5. The fourth-order valence-electron chi connectivity index (χ4n) is 2.92. The highest BCUT2D eigenvalue weighted by Gasteiger charge is 2.27. The highest BCUT2D eigenvalue weighted by molar-refractivity contribution is 7.89. The third-order valence-corrected chi connectivity index (χ3v) is 6.08. The van der Waals surface area contributed by atoms with Crippen LogP contribution in [0.2, 0.25) is 0 Å². The molecule has 19 heavy (non-hydrogen) atoms. The Balaban J connectivity index is 1.83. The van der Waals surface area contributed by atoms with Crippen LogP contribution in [0.1, 0.15) is 25.7 Å². The average Bonchev–Trinajstić information content (AvgIpc) is 2.40. The lowest BCUT2D eigenvalue weighted by Gasteiger charge is -2.29. The van der Waals surface area contributed by atoms with E-state index in [0.717, 1.165) is 45.4 Å². The molecular formula is C13H26N2O3S. The van der Waals surface area contributed by atoms with Crippen molar-refractivity contribution in [2.75, 3.05) is 45.6 Å². The van der Waals surface area contributed by atoms with Crippen LogP contribution in [0.15, 0.2) is 0 Å². The van der Waals surface area contributed by atoms with Gasteiger partial charge in [-0.15, -0.1) is 0 Å². The van der Waals surface area contributed by atoms with Crippen molar-refractivity contribution in [3.63, 3.8) is 0 Å². The summed E-state index contributed by atoms with van der Waals surface area (Å²) >= 11 is 0. The monoisotopic (exact) mass is 290 g/mol. The van der Waals surface area contributed by atoms with Gasteiger partial charge in [0, 0.05) is 20.2 Å². The lowest BCUT2D eigenvalue weighted by Crippen LogP contribution is -2.41. The van der Waals surface area contributed by atoms with Crippen molar-refractivity contribution < 1.29 is 13.2 Å². The van der Waals surface area contributed by atoms with E-state index in [-0.39, 0.29) is 11.7 Å². The molecule has 2 rings (SSSR count). The van der Waals surface area contributed by atoms with E-state index in [9.17, 15) is 8.42 Å². The molecule has 0 saturated carbocycles. The summed E-state index contributed by atoms with van der Waals surface area (Å²) in [6.07, 6.45) is 4.23. The van der Waals surface area contributed by atoms with Gasteiger partial charge in [-0.2, -0.15) is 0 Å². The molecule has 2 unspecified atom stereocenters. The molecule has 0 spiro atoms. The third-order valence-electron chi connectivity index (χ3n) is 4.09. The second-order valence-electron chi connectivity index (χ2n) is 5.85. The van der Waals surface area contributed by atoms with E-state index >= 15 is 0 Å². The van der Waals surface area contributed by atoms with Crippen LogP contribution in [-0.2, 0) is 14.8 Å². The standard InChI is InChI=1S/C13H26N2O3S/c1-15(9-13-5-3-7-18-10-13)19(16,17)11-12-4-2-6-14-8-12/h12-14H,2-11H2,1H3. The Labute approximate surface area is 116 Å². The molecule has 2 saturated heterocycles. The largest absolute Gasteiger partial charge is 0.381 e. The molecular weight excluding hydrogens is 264 g/mol. The summed E-state index contributed by atoms with van der Waals surface area (Å²) in [5, 5.41) is 3.27. The Hall–Kier alpha value is -0.170. The molecule has 2 aliphatic rings. The summed E-state index contributed by atoms with van der Waals surface area (Å²) in [6, 6.07) is 0. The summed E-state index contributed by atoms with van der Waals surface area (Å²) in [4.78, 5) is 0. The Kier molecular flexibility index (Phi) is 5.62. The van der Waals surface area contributed by atoms with E-state index in [1.54, 1.807) is 11.4 Å². The number of piperidine rings is 1. The van der Waals surface area contributed by atoms with Gasteiger partial charge in [0.1, 0.15) is 0 Å². The molecule has 5 nitrogen and oxygen atoms in total. The van der Waals surface area contributed by atoms with E-state index in [0.29, 0.717) is 19.1 Å². The van der Waals surface area contributed by atoms with Crippen molar-refractivity contribution in [1.29, 1.82) is 0 Å². The van der Waals surface area contributed by atoms with Gasteiger partial charge in [0.05, 0.1) is 12.4 Å². The Morgan fingerprint density at radius 1 is 1.26 bits per heavy atom. The fraction of sp³-hybridized carbons (Fsp3) is 1.00. The maximum absolute atomic E-state index is 12.3. The zero-order valence-corrected chi connectivity index (χ0v) is 12.6. The van der Waals surface area contributed by atoms with Gasteiger partial charge in [-0.1, -0.05) is 0 Å². The van der Waals surface area contributed by atoms with Gasteiger partial charge in [-0.05, 0) is 50.6 Å². The maximum atomic E-state index is 12.3. The molecule has 0 aromatic heterocycles. The smallest absolute Gasteiger partial charge is 0.214 e. The minimum absolute atomic E-state index is 0.267. The molecule has 0 aromatic rings. The summed E-state index contributed by atoms with van der Waals surface area (Å²) in [7, 11) is -1.41. The molecule has 2 fully saturated rings. The molecule has 0 bridgehead atoms. The molecule has 2 aliphatic heterocycles. The molecule has 1 N–H and O–H groups in total. The SMILES string of the molecule is CN(CC1CCCOC1)S(=O)(=O)CC1CCCNC1. The summed E-state index contributed by atoms with van der Waals surface area (Å²) in [6.45, 7) is 3.97. The minimum atomic E-state index is -3.12. The van der Waals surface area contributed by atoms with Crippen molar-refractivity contribution in [3.8, 4) is 0 Å². The average molecular weight is 290 g/mol. The van der Waals surface area contributed by atoms with Crippen LogP contribution in [0.4, 0.5) is 0 Å². The number of hydrogen-bond donors (Lipinski definition) is 1. The van der Waals surface area contributed by atoms with E-state index < -0.39 is 10.0 Å². The Morgan fingerprint density at radius 3 is 2.68 bits per heavy atom. The molecule has 0 aliphatic carbocycles. The molecule has 0 amide bonds. The number of sulfonamides is 1. The van der Waals surface area contributed by atoms with Gasteiger partial charge < -0.3 is 10.1 Å².